The van der Waals surface area contributed by atoms with Gasteiger partial charge in [0.05, 0.1) is 0 Å². The molecule has 6 rings (SSSR count). The zero-order valence-electron chi connectivity index (χ0n) is 20.0. The third kappa shape index (κ3) is 4.48. The molecule has 0 heterocycles. The molecule has 0 unspecified atom stereocenters. The van der Waals surface area contributed by atoms with E-state index < -0.39 is 0 Å². The van der Waals surface area contributed by atoms with Gasteiger partial charge < -0.3 is 0 Å². The molecule has 0 amide bonds. The summed E-state index contributed by atoms with van der Waals surface area (Å²) in [5.41, 5.74) is 14.1. The largest absolute Gasteiger partial charge is 0.0836 e. The number of benzene rings is 5. The first-order valence-electron chi connectivity index (χ1n) is 12.4. The lowest BCUT2D eigenvalue weighted by Gasteiger charge is -2.15. The molecule has 0 radical (unpaired) electrons. The zero-order valence-corrected chi connectivity index (χ0v) is 20.0. The molecule has 0 N–H and O–H groups in total. The van der Waals surface area contributed by atoms with Crippen molar-refractivity contribution in [3.63, 3.8) is 0 Å². The van der Waals surface area contributed by atoms with Gasteiger partial charge in [-0.05, 0) is 93.6 Å². The molecule has 0 heteroatoms. The van der Waals surface area contributed by atoms with Crippen LogP contribution in [0, 0.1) is 6.92 Å². The Morgan fingerprint density at radius 1 is 0.457 bits per heavy atom. The fourth-order valence-corrected chi connectivity index (χ4v) is 4.97. The van der Waals surface area contributed by atoms with E-state index in [9.17, 15) is 0 Å². The predicted molar refractivity (Wildman–Crippen MR) is 150 cm³/mol. The first-order valence-corrected chi connectivity index (χ1v) is 12.4. The van der Waals surface area contributed by atoms with Crippen LogP contribution in [-0.4, -0.2) is 0 Å². The lowest BCUT2D eigenvalue weighted by Crippen LogP contribution is -1.94. The van der Waals surface area contributed by atoms with Gasteiger partial charge in [-0.15, -0.1) is 0 Å². The van der Waals surface area contributed by atoms with Gasteiger partial charge in [0.25, 0.3) is 0 Å². The Morgan fingerprint density at radius 2 is 0.971 bits per heavy atom. The molecule has 0 aromatic heterocycles. The van der Waals surface area contributed by atoms with Gasteiger partial charge in [-0.2, -0.15) is 0 Å². The van der Waals surface area contributed by atoms with Crippen molar-refractivity contribution in [1.29, 1.82) is 0 Å². The van der Waals surface area contributed by atoms with Gasteiger partial charge in [0.1, 0.15) is 0 Å². The normalized spacial score (nSPS) is 12.4. The minimum Gasteiger partial charge on any atom is -0.0836 e. The second kappa shape index (κ2) is 9.24. The van der Waals surface area contributed by atoms with Crippen LogP contribution in [0.5, 0.6) is 0 Å². The summed E-state index contributed by atoms with van der Waals surface area (Å²) in [6.45, 7) is 2.14. The Hall–Kier alpha value is -4.16. The molecular formula is C35H28. The summed E-state index contributed by atoms with van der Waals surface area (Å²) in [6.07, 6.45) is 6.77. The monoisotopic (exact) mass is 448 g/mol. The van der Waals surface area contributed by atoms with Crippen molar-refractivity contribution in [1.82, 2.24) is 0 Å². The first kappa shape index (κ1) is 21.4. The van der Waals surface area contributed by atoms with E-state index in [0.29, 0.717) is 0 Å². The molecule has 35 heavy (non-hydrogen) atoms. The topological polar surface area (TPSA) is 0 Å². The summed E-state index contributed by atoms with van der Waals surface area (Å²) in [5.74, 6) is 0. The van der Waals surface area contributed by atoms with Gasteiger partial charge >= 0.3 is 0 Å². The molecule has 0 spiro atoms. The Balaban J connectivity index is 1.46. The number of allylic oxidation sites excluding steroid dienone is 1. The van der Waals surface area contributed by atoms with Crippen LogP contribution in [0.25, 0.3) is 50.6 Å². The number of hydrogen-bond acceptors (Lipinski definition) is 0. The van der Waals surface area contributed by atoms with Crippen molar-refractivity contribution in [3.05, 3.63) is 138 Å². The number of rotatable bonds is 4. The van der Waals surface area contributed by atoms with Crippen LogP contribution in [-0.2, 0) is 6.42 Å². The fourth-order valence-electron chi connectivity index (χ4n) is 4.97. The van der Waals surface area contributed by atoms with Crippen LogP contribution in [0.1, 0.15) is 23.1 Å². The molecule has 5 aromatic carbocycles. The lowest BCUT2D eigenvalue weighted by molar-refractivity contribution is 0.986. The van der Waals surface area contributed by atoms with Crippen LogP contribution >= 0.6 is 0 Å². The minimum atomic E-state index is 1.12. The van der Waals surface area contributed by atoms with E-state index in [2.05, 4.69) is 134 Å². The maximum absolute atomic E-state index is 2.38. The molecular weight excluding hydrogens is 420 g/mol. The minimum absolute atomic E-state index is 1.12. The predicted octanol–water partition coefficient (Wildman–Crippen LogP) is 9.62. The van der Waals surface area contributed by atoms with Gasteiger partial charge in [0.15, 0.2) is 0 Å². The molecule has 1 aliphatic carbocycles. The fraction of sp³-hybridized carbons (Fsp3) is 0.0857. The molecule has 0 saturated carbocycles. The van der Waals surface area contributed by atoms with Crippen LogP contribution in [0.15, 0.2) is 121 Å². The van der Waals surface area contributed by atoms with Crippen molar-refractivity contribution >= 4 is 6.08 Å². The van der Waals surface area contributed by atoms with Crippen molar-refractivity contribution in [2.75, 3.05) is 0 Å². The summed E-state index contributed by atoms with van der Waals surface area (Å²) >= 11 is 0. The maximum atomic E-state index is 2.38. The third-order valence-electron chi connectivity index (χ3n) is 7.00. The summed E-state index contributed by atoms with van der Waals surface area (Å²) < 4.78 is 0. The van der Waals surface area contributed by atoms with Crippen molar-refractivity contribution in [2.24, 2.45) is 0 Å². The average Bonchev–Trinajstić information content (AvgIpc) is 2.93. The summed E-state index contributed by atoms with van der Waals surface area (Å²) in [7, 11) is 0. The Bertz CT molecular complexity index is 1500. The highest BCUT2D eigenvalue weighted by Crippen LogP contribution is 2.35. The highest BCUT2D eigenvalue weighted by Gasteiger charge is 2.11. The van der Waals surface area contributed by atoms with Gasteiger partial charge in [-0.1, -0.05) is 115 Å². The van der Waals surface area contributed by atoms with E-state index in [-0.39, 0.29) is 0 Å². The second-order valence-corrected chi connectivity index (χ2v) is 9.46. The SMILES string of the molecule is Cc1ccc(-c2cc(-c3ccc(-c4ccccc4)cc3)cc(-c3ccc4c(c3)CCC=C4)c2)cc1. The highest BCUT2D eigenvalue weighted by molar-refractivity contribution is 5.82. The van der Waals surface area contributed by atoms with Crippen LogP contribution in [0.2, 0.25) is 0 Å². The molecule has 168 valence electrons. The van der Waals surface area contributed by atoms with E-state index in [0.717, 1.165) is 12.8 Å². The highest BCUT2D eigenvalue weighted by atomic mass is 14.2. The Kier molecular flexibility index (Phi) is 5.64. The van der Waals surface area contributed by atoms with Crippen LogP contribution < -0.4 is 0 Å². The Labute approximate surface area is 208 Å². The standard InChI is InChI=1S/C35H28/c1-25-11-13-29(14-12-25)33-22-34(30-17-15-28(16-18-30)26-7-3-2-4-8-26)24-35(23-33)32-20-19-27-9-5-6-10-31(27)21-32/h2-5,7-9,11-24H,6,10H2,1H3. The zero-order chi connectivity index (χ0) is 23.6. The summed E-state index contributed by atoms with van der Waals surface area (Å²) in [5, 5.41) is 0. The summed E-state index contributed by atoms with van der Waals surface area (Å²) in [4.78, 5) is 0. The number of hydrogen-bond donors (Lipinski definition) is 0. The molecule has 0 saturated heterocycles. The molecule has 0 nitrogen and oxygen atoms in total. The molecule has 1 aliphatic rings. The van der Waals surface area contributed by atoms with E-state index in [1.165, 1.54) is 61.2 Å². The van der Waals surface area contributed by atoms with Gasteiger partial charge in [-0.25, -0.2) is 0 Å². The van der Waals surface area contributed by atoms with E-state index in [1.54, 1.807) is 0 Å². The van der Waals surface area contributed by atoms with Gasteiger partial charge in [0, 0.05) is 0 Å². The number of aryl methyl sites for hydroxylation is 2. The second-order valence-electron chi connectivity index (χ2n) is 9.46. The lowest BCUT2D eigenvalue weighted by atomic mass is 9.89. The molecule has 5 aromatic rings. The van der Waals surface area contributed by atoms with Gasteiger partial charge in [-0.3, -0.25) is 0 Å². The van der Waals surface area contributed by atoms with E-state index in [1.807, 2.05) is 0 Å². The smallest absolute Gasteiger partial charge is 0.0172 e. The van der Waals surface area contributed by atoms with Crippen LogP contribution in [0.3, 0.4) is 0 Å². The molecule has 0 atom stereocenters. The van der Waals surface area contributed by atoms with E-state index in [4.69, 9.17) is 0 Å². The first-order chi connectivity index (χ1) is 17.2. The third-order valence-corrected chi connectivity index (χ3v) is 7.00. The van der Waals surface area contributed by atoms with Crippen molar-refractivity contribution in [3.8, 4) is 44.5 Å². The molecule has 0 fully saturated rings. The van der Waals surface area contributed by atoms with Crippen molar-refractivity contribution < 1.29 is 0 Å². The number of fused-ring (bicyclic) bond motifs is 1. The van der Waals surface area contributed by atoms with E-state index >= 15 is 0 Å². The quantitative estimate of drug-likeness (QED) is 0.257. The average molecular weight is 449 g/mol. The van der Waals surface area contributed by atoms with Crippen LogP contribution in [0.4, 0.5) is 0 Å². The summed E-state index contributed by atoms with van der Waals surface area (Å²) in [6, 6.07) is 42.3. The molecule has 0 aliphatic heterocycles. The van der Waals surface area contributed by atoms with Gasteiger partial charge in [0.2, 0.25) is 0 Å². The molecule has 0 bridgehead atoms. The Morgan fingerprint density at radius 3 is 1.63 bits per heavy atom. The van der Waals surface area contributed by atoms with Crippen molar-refractivity contribution in [2.45, 2.75) is 19.8 Å². The maximum Gasteiger partial charge on any atom is -0.0172 e.